The molecule has 0 aliphatic rings. The molecule has 3 aromatic rings. The van der Waals surface area contributed by atoms with Gasteiger partial charge in [0.05, 0.1) is 24.8 Å². The average Bonchev–Trinajstić information content (AvgIpc) is 2.98. The number of amides is 2. The first-order chi connectivity index (χ1) is 20.4. The quantitative estimate of drug-likeness (QED) is 0.273. The molecule has 0 aliphatic carbocycles. The third-order valence-electron chi connectivity index (χ3n) is 7.05. The molecule has 232 valence electrons. The van der Waals surface area contributed by atoms with E-state index < -0.39 is 28.5 Å². The van der Waals surface area contributed by atoms with Crippen molar-refractivity contribution in [1.29, 1.82) is 0 Å². The van der Waals surface area contributed by atoms with Crippen LogP contribution in [0.25, 0.3) is 0 Å². The van der Waals surface area contributed by atoms with Gasteiger partial charge in [0.15, 0.2) is 11.5 Å². The van der Waals surface area contributed by atoms with Crippen molar-refractivity contribution < 1.29 is 27.5 Å². The molecule has 0 fully saturated rings. The second-order valence-corrected chi connectivity index (χ2v) is 12.8. The van der Waals surface area contributed by atoms with E-state index in [0.717, 1.165) is 21.0 Å². The van der Waals surface area contributed by atoms with Gasteiger partial charge in [-0.2, -0.15) is 0 Å². The number of ether oxygens (including phenoxy) is 2. The Kier molecular flexibility index (Phi) is 11.6. The number of anilines is 1. The number of carbonyl (C=O) groups is 2. The van der Waals surface area contributed by atoms with E-state index in [-0.39, 0.29) is 29.0 Å². The summed E-state index contributed by atoms with van der Waals surface area (Å²) in [6.07, 6.45) is 0.350. The first-order valence-electron chi connectivity index (χ1n) is 14.3. The lowest BCUT2D eigenvalue weighted by atomic mass is 10.1. The molecule has 2 amide bonds. The summed E-state index contributed by atoms with van der Waals surface area (Å²) in [5, 5.41) is 2.94. The lowest BCUT2D eigenvalue weighted by Crippen LogP contribution is -2.52. The normalized spacial score (nSPS) is 12.0. The number of hydrogen-bond donors (Lipinski definition) is 1. The van der Waals surface area contributed by atoms with Crippen LogP contribution in [0.1, 0.15) is 43.9 Å². The summed E-state index contributed by atoms with van der Waals surface area (Å²) in [6.45, 7) is 9.71. The van der Waals surface area contributed by atoms with Gasteiger partial charge in [-0.3, -0.25) is 13.9 Å². The van der Waals surface area contributed by atoms with Crippen LogP contribution in [0.4, 0.5) is 5.69 Å². The molecule has 9 nitrogen and oxygen atoms in total. The molecule has 0 unspecified atom stereocenters. The average molecular weight is 610 g/mol. The fraction of sp³-hybridized carbons (Fsp3) is 0.394. The van der Waals surface area contributed by atoms with E-state index in [0.29, 0.717) is 24.5 Å². The maximum atomic E-state index is 14.3. The summed E-state index contributed by atoms with van der Waals surface area (Å²) in [6, 6.07) is 18.0. The van der Waals surface area contributed by atoms with Gasteiger partial charge < -0.3 is 19.7 Å². The highest BCUT2D eigenvalue weighted by atomic mass is 32.2. The lowest BCUT2D eigenvalue weighted by Gasteiger charge is -2.33. The Morgan fingerprint density at radius 1 is 0.884 bits per heavy atom. The minimum atomic E-state index is -4.21. The number of benzene rings is 3. The fourth-order valence-corrected chi connectivity index (χ4v) is 6.10. The van der Waals surface area contributed by atoms with Crippen LogP contribution in [0, 0.1) is 19.8 Å². The van der Waals surface area contributed by atoms with Gasteiger partial charge in [-0.25, -0.2) is 8.42 Å². The molecule has 0 aromatic heterocycles. The maximum absolute atomic E-state index is 14.3. The Balaban J connectivity index is 2.11. The summed E-state index contributed by atoms with van der Waals surface area (Å²) >= 11 is 0. The summed E-state index contributed by atoms with van der Waals surface area (Å²) < 4.78 is 40.1. The van der Waals surface area contributed by atoms with Crippen LogP contribution >= 0.6 is 0 Å². The monoisotopic (exact) mass is 609 g/mol. The first kappa shape index (κ1) is 33.5. The zero-order chi connectivity index (χ0) is 31.7. The molecular formula is C33H43N3O6S. The van der Waals surface area contributed by atoms with Gasteiger partial charge in [-0.05, 0) is 56.0 Å². The highest BCUT2D eigenvalue weighted by Gasteiger charge is 2.34. The van der Waals surface area contributed by atoms with Gasteiger partial charge in [0.2, 0.25) is 11.8 Å². The summed E-state index contributed by atoms with van der Waals surface area (Å²) in [5.41, 5.74) is 2.97. The van der Waals surface area contributed by atoms with Crippen LogP contribution in [0.2, 0.25) is 0 Å². The maximum Gasteiger partial charge on any atom is 0.264 e. The fourth-order valence-electron chi connectivity index (χ4n) is 4.70. The number of aryl methyl sites for hydroxylation is 2. The molecule has 0 aliphatic heterocycles. The molecule has 0 radical (unpaired) electrons. The van der Waals surface area contributed by atoms with E-state index in [1.807, 2.05) is 58.9 Å². The predicted octanol–water partition coefficient (Wildman–Crippen LogP) is 5.10. The Morgan fingerprint density at radius 3 is 2.14 bits per heavy atom. The lowest BCUT2D eigenvalue weighted by molar-refractivity contribution is -0.140. The molecule has 1 N–H and O–H groups in total. The first-order valence-corrected chi connectivity index (χ1v) is 15.8. The minimum absolute atomic E-state index is 0.0348. The molecule has 3 rings (SSSR count). The number of sulfonamides is 1. The highest BCUT2D eigenvalue weighted by molar-refractivity contribution is 7.92. The van der Waals surface area contributed by atoms with Gasteiger partial charge in [0, 0.05) is 19.2 Å². The minimum Gasteiger partial charge on any atom is -0.493 e. The van der Waals surface area contributed by atoms with E-state index in [1.165, 1.54) is 37.3 Å². The number of nitrogens with zero attached hydrogens (tertiary/aromatic N) is 2. The highest BCUT2D eigenvalue weighted by Crippen LogP contribution is 2.34. The standard InChI is InChI=1S/C33H43N3O6S/c1-8-29(33(38)34-20-23(2)3)35(21-26-11-9-10-25(5)18-26)32(37)22-36(27-14-17-30(41-6)31(19-27)42-7)43(39,40)28-15-12-24(4)13-16-28/h9-19,23,29H,8,20-22H2,1-7H3,(H,34,38)/t29-/m1/s1. The Bertz CT molecular complexity index is 1510. The molecule has 0 saturated carbocycles. The van der Waals surface area contributed by atoms with E-state index in [4.69, 9.17) is 9.47 Å². The Labute approximate surface area is 255 Å². The molecule has 0 bridgehead atoms. The molecule has 0 heterocycles. The molecular weight excluding hydrogens is 566 g/mol. The van der Waals surface area contributed by atoms with Crippen molar-refractivity contribution in [2.24, 2.45) is 5.92 Å². The van der Waals surface area contributed by atoms with Crippen molar-refractivity contribution in [2.75, 3.05) is 31.6 Å². The summed E-state index contributed by atoms with van der Waals surface area (Å²) in [7, 11) is -1.27. The molecule has 43 heavy (non-hydrogen) atoms. The smallest absolute Gasteiger partial charge is 0.264 e. The summed E-state index contributed by atoms with van der Waals surface area (Å²) in [4.78, 5) is 29.1. The van der Waals surface area contributed by atoms with Crippen LogP contribution in [0.15, 0.2) is 71.6 Å². The van der Waals surface area contributed by atoms with E-state index >= 15 is 0 Å². The molecule has 0 saturated heterocycles. The van der Waals surface area contributed by atoms with E-state index in [2.05, 4.69) is 5.32 Å². The van der Waals surface area contributed by atoms with Crippen molar-refractivity contribution in [2.45, 2.75) is 58.5 Å². The van der Waals surface area contributed by atoms with Crippen molar-refractivity contribution >= 4 is 27.5 Å². The molecule has 1 atom stereocenters. The van der Waals surface area contributed by atoms with Crippen molar-refractivity contribution in [3.63, 3.8) is 0 Å². The van der Waals surface area contributed by atoms with Gasteiger partial charge in [-0.15, -0.1) is 0 Å². The number of nitrogens with one attached hydrogen (secondary N) is 1. The molecule has 0 spiro atoms. The van der Waals surface area contributed by atoms with Gasteiger partial charge in [0.1, 0.15) is 12.6 Å². The second-order valence-electron chi connectivity index (χ2n) is 10.9. The SMILES string of the molecule is CC[C@H](C(=O)NCC(C)C)N(Cc1cccc(C)c1)C(=O)CN(c1ccc(OC)c(OC)c1)S(=O)(=O)c1ccc(C)cc1. The second kappa shape index (κ2) is 14.9. The van der Waals surface area contributed by atoms with Crippen molar-refractivity contribution in [3.8, 4) is 11.5 Å². The van der Waals surface area contributed by atoms with Crippen LogP contribution in [-0.2, 0) is 26.2 Å². The number of hydrogen-bond acceptors (Lipinski definition) is 6. The number of methoxy groups -OCH3 is 2. The van der Waals surface area contributed by atoms with Crippen LogP contribution in [0.3, 0.4) is 0 Å². The van der Waals surface area contributed by atoms with Crippen LogP contribution in [-0.4, -0.2) is 58.5 Å². The Hall–Kier alpha value is -4.05. The largest absolute Gasteiger partial charge is 0.493 e. The van der Waals surface area contributed by atoms with Crippen LogP contribution < -0.4 is 19.1 Å². The van der Waals surface area contributed by atoms with Crippen molar-refractivity contribution in [1.82, 2.24) is 10.2 Å². The number of rotatable bonds is 14. The third kappa shape index (κ3) is 8.50. The zero-order valence-corrected chi connectivity index (χ0v) is 26.9. The van der Waals surface area contributed by atoms with Crippen LogP contribution in [0.5, 0.6) is 11.5 Å². The summed E-state index contributed by atoms with van der Waals surface area (Å²) in [5.74, 6) is 0.157. The van der Waals surface area contributed by atoms with E-state index in [1.54, 1.807) is 24.3 Å². The molecule has 10 heteroatoms. The van der Waals surface area contributed by atoms with Crippen molar-refractivity contribution in [3.05, 3.63) is 83.4 Å². The zero-order valence-electron chi connectivity index (χ0n) is 26.1. The van der Waals surface area contributed by atoms with Gasteiger partial charge in [0.25, 0.3) is 10.0 Å². The molecule has 3 aromatic carbocycles. The number of carbonyl (C=O) groups excluding carboxylic acids is 2. The topological polar surface area (TPSA) is 105 Å². The van der Waals surface area contributed by atoms with Gasteiger partial charge in [-0.1, -0.05) is 68.3 Å². The predicted molar refractivity (Wildman–Crippen MR) is 169 cm³/mol. The van der Waals surface area contributed by atoms with E-state index in [9.17, 15) is 18.0 Å². The third-order valence-corrected chi connectivity index (χ3v) is 8.84. The van der Waals surface area contributed by atoms with Gasteiger partial charge >= 0.3 is 0 Å². The Morgan fingerprint density at radius 2 is 1.56 bits per heavy atom.